The zero-order valence-corrected chi connectivity index (χ0v) is 15.4. The lowest BCUT2D eigenvalue weighted by Gasteiger charge is -2.35. The van der Waals surface area contributed by atoms with Crippen molar-refractivity contribution in [2.24, 2.45) is 0 Å². The lowest BCUT2D eigenvalue weighted by atomic mass is 10.0. The Bertz CT molecular complexity index is 761. The number of benzene rings is 2. The third-order valence-corrected chi connectivity index (χ3v) is 4.89. The predicted molar refractivity (Wildman–Crippen MR) is 100 cm³/mol. The summed E-state index contributed by atoms with van der Waals surface area (Å²) in [6.45, 7) is 5.16. The third-order valence-electron chi connectivity index (χ3n) is 4.56. The molecule has 0 aromatic heterocycles. The van der Waals surface area contributed by atoms with E-state index in [-0.39, 0.29) is 17.8 Å². The number of morpholine rings is 1. The fourth-order valence-electron chi connectivity index (χ4n) is 3.13. The first-order valence-electron chi connectivity index (χ1n) is 8.66. The smallest absolute Gasteiger partial charge is 0.252 e. The maximum absolute atomic E-state index is 13.3. The molecule has 1 N–H and O–H groups in total. The van der Waals surface area contributed by atoms with Gasteiger partial charge in [-0.05, 0) is 36.8 Å². The van der Waals surface area contributed by atoms with E-state index < -0.39 is 0 Å². The minimum absolute atomic E-state index is 0.0490. The summed E-state index contributed by atoms with van der Waals surface area (Å²) in [6.07, 6.45) is 0. The molecule has 1 aliphatic heterocycles. The summed E-state index contributed by atoms with van der Waals surface area (Å²) >= 11 is 6.16. The van der Waals surface area contributed by atoms with Gasteiger partial charge < -0.3 is 10.1 Å². The van der Waals surface area contributed by atoms with Crippen molar-refractivity contribution < 1.29 is 13.9 Å². The molecule has 1 fully saturated rings. The van der Waals surface area contributed by atoms with Crippen molar-refractivity contribution in [2.75, 3.05) is 32.8 Å². The molecule has 1 heterocycles. The van der Waals surface area contributed by atoms with Crippen LogP contribution >= 0.6 is 11.6 Å². The Morgan fingerprint density at radius 2 is 1.92 bits per heavy atom. The van der Waals surface area contributed by atoms with Crippen LogP contribution in [0.3, 0.4) is 0 Å². The van der Waals surface area contributed by atoms with Gasteiger partial charge in [0.25, 0.3) is 5.91 Å². The molecule has 2 aromatic rings. The van der Waals surface area contributed by atoms with Gasteiger partial charge in [-0.3, -0.25) is 9.69 Å². The molecule has 1 atom stereocenters. The molecular weight excluding hydrogens is 355 g/mol. The van der Waals surface area contributed by atoms with Crippen LogP contribution < -0.4 is 5.32 Å². The van der Waals surface area contributed by atoms with Gasteiger partial charge in [0, 0.05) is 19.6 Å². The van der Waals surface area contributed by atoms with Crippen molar-refractivity contribution in [1.82, 2.24) is 10.2 Å². The van der Waals surface area contributed by atoms with Crippen molar-refractivity contribution in [1.29, 1.82) is 0 Å². The SMILES string of the molecule is Cc1ccc(Cl)c(C(=O)NCC(c2ccc(F)cc2)N2CCOCC2)c1. The molecular formula is C20H22ClFN2O2. The molecule has 0 aliphatic carbocycles. The van der Waals surface area contributed by atoms with Gasteiger partial charge in [0.15, 0.2) is 0 Å². The molecule has 3 rings (SSSR count). The van der Waals surface area contributed by atoms with Gasteiger partial charge in [-0.25, -0.2) is 4.39 Å². The number of hydrogen-bond donors (Lipinski definition) is 1. The summed E-state index contributed by atoms with van der Waals surface area (Å²) in [4.78, 5) is 14.8. The van der Waals surface area contributed by atoms with Crippen LogP contribution in [0.2, 0.25) is 5.02 Å². The molecule has 6 heteroatoms. The van der Waals surface area contributed by atoms with Crippen LogP contribution in [0.25, 0.3) is 0 Å². The van der Waals surface area contributed by atoms with Crippen LogP contribution in [-0.2, 0) is 4.74 Å². The average molecular weight is 377 g/mol. The number of nitrogens with one attached hydrogen (secondary N) is 1. The quantitative estimate of drug-likeness (QED) is 0.867. The minimum atomic E-state index is -0.273. The number of rotatable bonds is 5. The summed E-state index contributed by atoms with van der Waals surface area (Å²) in [7, 11) is 0. The van der Waals surface area contributed by atoms with Crippen LogP contribution in [0.4, 0.5) is 4.39 Å². The Morgan fingerprint density at radius 3 is 2.62 bits per heavy atom. The second-order valence-electron chi connectivity index (χ2n) is 6.41. The van der Waals surface area contributed by atoms with Crippen LogP contribution in [-0.4, -0.2) is 43.7 Å². The Morgan fingerprint density at radius 1 is 1.23 bits per heavy atom. The van der Waals surface area contributed by atoms with Crippen LogP contribution in [0, 0.1) is 12.7 Å². The van der Waals surface area contributed by atoms with Gasteiger partial charge in [0.05, 0.1) is 29.8 Å². The van der Waals surface area contributed by atoms with Crippen LogP contribution in [0.15, 0.2) is 42.5 Å². The van der Waals surface area contributed by atoms with E-state index >= 15 is 0 Å². The minimum Gasteiger partial charge on any atom is -0.379 e. The van der Waals surface area contributed by atoms with Gasteiger partial charge in [-0.15, -0.1) is 0 Å². The third kappa shape index (κ3) is 4.61. The number of carbonyl (C=O) groups excluding carboxylic acids is 1. The van der Waals surface area contributed by atoms with E-state index in [2.05, 4.69) is 10.2 Å². The average Bonchev–Trinajstić information content (AvgIpc) is 2.66. The second-order valence-corrected chi connectivity index (χ2v) is 6.82. The molecule has 26 heavy (non-hydrogen) atoms. The van der Waals surface area contributed by atoms with E-state index in [0.717, 1.165) is 24.2 Å². The summed E-state index contributed by atoms with van der Waals surface area (Å²) in [5.74, 6) is -0.482. The number of ether oxygens (including phenoxy) is 1. The molecule has 0 saturated carbocycles. The summed E-state index contributed by atoms with van der Waals surface area (Å²) in [5, 5.41) is 3.41. The number of aryl methyl sites for hydroxylation is 1. The highest BCUT2D eigenvalue weighted by molar-refractivity contribution is 6.33. The van der Waals surface area contributed by atoms with Crippen molar-refractivity contribution >= 4 is 17.5 Å². The van der Waals surface area contributed by atoms with E-state index in [1.54, 1.807) is 24.3 Å². The van der Waals surface area contributed by atoms with Crippen molar-refractivity contribution in [2.45, 2.75) is 13.0 Å². The molecule has 0 radical (unpaired) electrons. The van der Waals surface area contributed by atoms with Gasteiger partial charge in [0.2, 0.25) is 0 Å². The first-order valence-corrected chi connectivity index (χ1v) is 9.04. The van der Waals surface area contributed by atoms with Crippen molar-refractivity contribution in [3.05, 3.63) is 70.0 Å². The number of carbonyl (C=O) groups is 1. The Hall–Kier alpha value is -1.95. The number of amides is 1. The molecule has 0 spiro atoms. The zero-order chi connectivity index (χ0) is 18.5. The lowest BCUT2D eigenvalue weighted by Crippen LogP contribution is -2.43. The summed E-state index contributed by atoms with van der Waals surface area (Å²) in [5.41, 5.74) is 2.40. The fourth-order valence-corrected chi connectivity index (χ4v) is 3.33. The maximum atomic E-state index is 13.3. The van der Waals surface area contributed by atoms with E-state index in [9.17, 15) is 9.18 Å². The van der Waals surface area contributed by atoms with E-state index in [1.165, 1.54) is 12.1 Å². The standard InChI is InChI=1S/C20H22ClFN2O2/c1-14-2-7-18(21)17(12-14)20(25)23-13-19(24-8-10-26-11-9-24)15-3-5-16(22)6-4-15/h2-7,12,19H,8-11,13H2,1H3,(H,23,25). The number of nitrogens with zero attached hydrogens (tertiary/aromatic N) is 1. The lowest BCUT2D eigenvalue weighted by molar-refractivity contribution is 0.0162. The van der Waals surface area contributed by atoms with Gasteiger partial charge >= 0.3 is 0 Å². The van der Waals surface area contributed by atoms with Crippen molar-refractivity contribution in [3.63, 3.8) is 0 Å². The highest BCUT2D eigenvalue weighted by Gasteiger charge is 2.24. The zero-order valence-electron chi connectivity index (χ0n) is 14.7. The van der Waals surface area contributed by atoms with Crippen LogP contribution in [0.1, 0.15) is 27.5 Å². The van der Waals surface area contributed by atoms with E-state index in [1.807, 2.05) is 13.0 Å². The molecule has 2 aromatic carbocycles. The van der Waals surface area contributed by atoms with E-state index in [0.29, 0.717) is 30.3 Å². The van der Waals surface area contributed by atoms with Gasteiger partial charge in [0.1, 0.15) is 5.82 Å². The molecule has 0 bridgehead atoms. The molecule has 1 aliphatic rings. The Balaban J connectivity index is 1.75. The monoisotopic (exact) mass is 376 g/mol. The Kier molecular flexibility index (Phi) is 6.25. The van der Waals surface area contributed by atoms with Crippen LogP contribution in [0.5, 0.6) is 0 Å². The first kappa shape index (κ1) is 18.8. The molecule has 4 nitrogen and oxygen atoms in total. The van der Waals surface area contributed by atoms with Gasteiger partial charge in [-0.1, -0.05) is 35.4 Å². The molecule has 138 valence electrons. The highest BCUT2D eigenvalue weighted by atomic mass is 35.5. The predicted octanol–water partition coefficient (Wildman–Crippen LogP) is 3.59. The normalized spacial score (nSPS) is 16.3. The fraction of sp³-hybridized carbons (Fsp3) is 0.350. The molecule has 1 unspecified atom stereocenters. The topological polar surface area (TPSA) is 41.6 Å². The summed E-state index contributed by atoms with van der Waals surface area (Å²) in [6, 6.07) is 11.7. The second kappa shape index (κ2) is 8.62. The maximum Gasteiger partial charge on any atom is 0.252 e. The number of hydrogen-bond acceptors (Lipinski definition) is 3. The largest absolute Gasteiger partial charge is 0.379 e. The highest BCUT2D eigenvalue weighted by Crippen LogP contribution is 2.23. The van der Waals surface area contributed by atoms with E-state index in [4.69, 9.17) is 16.3 Å². The van der Waals surface area contributed by atoms with Gasteiger partial charge in [-0.2, -0.15) is 0 Å². The molecule has 1 saturated heterocycles. The molecule has 1 amide bonds. The summed E-state index contributed by atoms with van der Waals surface area (Å²) < 4.78 is 18.7. The number of halogens is 2. The Labute approximate surface area is 157 Å². The first-order chi connectivity index (χ1) is 12.5. The van der Waals surface area contributed by atoms with Crippen molar-refractivity contribution in [3.8, 4) is 0 Å².